The Bertz CT molecular complexity index is 612. The lowest BCUT2D eigenvalue weighted by molar-refractivity contribution is -0.135. The predicted octanol–water partition coefficient (Wildman–Crippen LogP) is 3.42. The Morgan fingerprint density at radius 1 is 1.12 bits per heavy atom. The van der Waals surface area contributed by atoms with E-state index in [4.69, 9.17) is 4.84 Å². The van der Waals surface area contributed by atoms with Crippen LogP contribution in [0.2, 0.25) is 0 Å². The molecule has 0 aliphatic heterocycles. The summed E-state index contributed by atoms with van der Waals surface area (Å²) in [4.78, 5) is 29.9. The summed E-state index contributed by atoms with van der Waals surface area (Å²) in [5, 5.41) is 0. The zero-order chi connectivity index (χ0) is 17.1. The van der Waals surface area contributed by atoms with E-state index in [0.717, 1.165) is 37.8 Å². The van der Waals surface area contributed by atoms with Crippen LogP contribution < -0.4 is 5.48 Å². The molecule has 0 amide bonds. The minimum absolute atomic E-state index is 0.135. The van der Waals surface area contributed by atoms with Crippen LogP contribution >= 0.6 is 0 Å². The molecule has 0 spiro atoms. The summed E-state index contributed by atoms with van der Waals surface area (Å²) in [6, 6.07) is 0. The molecule has 24 heavy (non-hydrogen) atoms. The van der Waals surface area contributed by atoms with Gasteiger partial charge < -0.3 is 0 Å². The van der Waals surface area contributed by atoms with E-state index < -0.39 is 0 Å². The molecule has 0 aromatic rings. The molecule has 0 heterocycles. The van der Waals surface area contributed by atoms with Crippen molar-refractivity contribution in [2.75, 3.05) is 7.11 Å². The van der Waals surface area contributed by atoms with Crippen LogP contribution in [0, 0.1) is 34.5 Å². The third-order valence-corrected chi connectivity index (χ3v) is 8.03. The van der Waals surface area contributed by atoms with Gasteiger partial charge in [0.05, 0.1) is 7.11 Å². The average molecular weight is 331 g/mol. The van der Waals surface area contributed by atoms with Crippen LogP contribution in [-0.4, -0.2) is 18.7 Å². The van der Waals surface area contributed by atoms with Crippen molar-refractivity contribution < 1.29 is 14.4 Å². The van der Waals surface area contributed by atoms with Crippen molar-refractivity contribution in [3.63, 3.8) is 0 Å². The Morgan fingerprint density at radius 3 is 2.67 bits per heavy atom. The highest BCUT2D eigenvalue weighted by Gasteiger charge is 2.60. The molecule has 1 unspecified atom stereocenters. The lowest BCUT2D eigenvalue weighted by atomic mass is 9.46. The molecule has 0 aromatic heterocycles. The number of rotatable bonds is 2. The fourth-order valence-electron chi connectivity index (χ4n) is 6.57. The van der Waals surface area contributed by atoms with Crippen molar-refractivity contribution in [2.24, 2.45) is 34.5 Å². The van der Waals surface area contributed by atoms with Crippen molar-refractivity contribution in [1.29, 1.82) is 0 Å². The van der Waals surface area contributed by atoms with Gasteiger partial charge in [-0.05, 0) is 48.9 Å². The minimum atomic E-state index is -0.135. The maximum atomic E-state index is 12.5. The van der Waals surface area contributed by atoms with Gasteiger partial charge in [0.2, 0.25) is 0 Å². The number of allylic oxidation sites excluding steroid dienone is 2. The molecule has 0 bridgehead atoms. The SMILES string of the molecule is CONC1=C[C@@H]2[C@H](CC[C@]3(C)C(=O)CC[C@@H]23)[C@@]2(C)CCC(=O)CC12. The summed E-state index contributed by atoms with van der Waals surface area (Å²) in [5.41, 5.74) is 4.18. The van der Waals surface area contributed by atoms with Gasteiger partial charge in [0.25, 0.3) is 0 Å². The van der Waals surface area contributed by atoms with Gasteiger partial charge in [-0.1, -0.05) is 19.9 Å². The molecule has 0 saturated heterocycles. The van der Waals surface area contributed by atoms with Gasteiger partial charge >= 0.3 is 0 Å². The van der Waals surface area contributed by atoms with E-state index in [-0.39, 0.29) is 16.7 Å². The molecule has 4 heteroatoms. The smallest absolute Gasteiger partial charge is 0.139 e. The van der Waals surface area contributed by atoms with Crippen LogP contribution in [0.15, 0.2) is 11.8 Å². The highest BCUT2D eigenvalue weighted by atomic mass is 16.6. The first kappa shape index (κ1) is 16.3. The molecule has 132 valence electrons. The van der Waals surface area contributed by atoms with Crippen LogP contribution in [0.5, 0.6) is 0 Å². The van der Waals surface area contributed by atoms with Crippen LogP contribution in [-0.2, 0) is 14.4 Å². The Labute approximate surface area is 144 Å². The zero-order valence-corrected chi connectivity index (χ0v) is 15.1. The van der Waals surface area contributed by atoms with E-state index >= 15 is 0 Å². The van der Waals surface area contributed by atoms with E-state index in [1.165, 1.54) is 0 Å². The largest absolute Gasteiger partial charge is 0.300 e. The van der Waals surface area contributed by atoms with E-state index in [1.807, 2.05) is 0 Å². The average Bonchev–Trinajstić information content (AvgIpc) is 2.85. The quantitative estimate of drug-likeness (QED) is 0.788. The topological polar surface area (TPSA) is 55.4 Å². The fourth-order valence-corrected chi connectivity index (χ4v) is 6.57. The first-order valence-electron chi connectivity index (χ1n) is 9.46. The van der Waals surface area contributed by atoms with E-state index in [1.54, 1.807) is 7.11 Å². The molecule has 4 aliphatic rings. The van der Waals surface area contributed by atoms with Crippen LogP contribution in [0.1, 0.15) is 58.8 Å². The lowest BCUT2D eigenvalue weighted by Crippen LogP contribution is -2.54. The zero-order valence-electron chi connectivity index (χ0n) is 15.1. The Kier molecular flexibility index (Phi) is 3.68. The molecule has 6 atom stereocenters. The Hall–Kier alpha value is -1.16. The predicted molar refractivity (Wildman–Crippen MR) is 90.7 cm³/mol. The molecule has 4 aliphatic carbocycles. The van der Waals surface area contributed by atoms with Gasteiger partial charge in [-0.25, -0.2) is 0 Å². The number of Topliss-reactive ketones (excluding diaryl/α,β-unsaturated/α-hetero) is 2. The lowest BCUT2D eigenvalue weighted by Gasteiger charge is -2.58. The molecule has 3 fully saturated rings. The van der Waals surface area contributed by atoms with Gasteiger partial charge in [0.1, 0.15) is 11.6 Å². The molecular formula is C20H29NO3. The van der Waals surface area contributed by atoms with Gasteiger partial charge in [0.15, 0.2) is 0 Å². The van der Waals surface area contributed by atoms with Crippen molar-refractivity contribution in [2.45, 2.75) is 58.8 Å². The maximum Gasteiger partial charge on any atom is 0.139 e. The third-order valence-electron chi connectivity index (χ3n) is 8.03. The second-order valence-corrected chi connectivity index (χ2v) is 8.94. The fraction of sp³-hybridized carbons (Fsp3) is 0.800. The van der Waals surface area contributed by atoms with Crippen molar-refractivity contribution in [3.8, 4) is 0 Å². The van der Waals surface area contributed by atoms with Crippen LogP contribution in [0.3, 0.4) is 0 Å². The number of fused-ring (bicyclic) bond motifs is 5. The van der Waals surface area contributed by atoms with Crippen molar-refractivity contribution >= 4 is 11.6 Å². The number of hydroxylamine groups is 1. The van der Waals surface area contributed by atoms with Gasteiger partial charge in [-0.15, -0.1) is 0 Å². The van der Waals surface area contributed by atoms with Gasteiger partial charge in [-0.3, -0.25) is 19.9 Å². The number of hydrogen-bond acceptors (Lipinski definition) is 4. The molecule has 0 aromatic carbocycles. The summed E-state index contributed by atoms with van der Waals surface area (Å²) in [7, 11) is 1.64. The number of nitrogens with one attached hydrogen (secondary N) is 1. The summed E-state index contributed by atoms with van der Waals surface area (Å²) < 4.78 is 0. The summed E-state index contributed by atoms with van der Waals surface area (Å²) in [5.74, 6) is 2.54. The Morgan fingerprint density at radius 2 is 1.92 bits per heavy atom. The molecular weight excluding hydrogens is 302 g/mol. The molecule has 4 nitrogen and oxygen atoms in total. The Balaban J connectivity index is 1.77. The first-order valence-corrected chi connectivity index (χ1v) is 9.46. The van der Waals surface area contributed by atoms with E-state index in [2.05, 4.69) is 25.4 Å². The summed E-state index contributed by atoms with van der Waals surface area (Å²) in [6.07, 6.45) is 8.53. The normalized spacial score (nSPS) is 47.5. The maximum absolute atomic E-state index is 12.5. The highest BCUT2D eigenvalue weighted by molar-refractivity contribution is 5.87. The highest BCUT2D eigenvalue weighted by Crippen LogP contribution is 2.64. The molecule has 1 N–H and O–H groups in total. The first-order chi connectivity index (χ1) is 11.4. The van der Waals surface area contributed by atoms with E-state index in [0.29, 0.717) is 42.2 Å². The van der Waals surface area contributed by atoms with Crippen molar-refractivity contribution in [1.82, 2.24) is 5.48 Å². The second kappa shape index (κ2) is 5.42. The van der Waals surface area contributed by atoms with Gasteiger partial charge in [-0.2, -0.15) is 0 Å². The standard InChI is InChI=1S/C20H29NO3/c1-19-8-6-12(22)10-16(19)17(21-24-3)11-13-14-4-5-18(23)20(14,2)9-7-15(13)19/h11,13-16,21H,4-10H2,1-3H3/t13-,14-,15-,16?,19+,20-/m0/s1. The van der Waals surface area contributed by atoms with Crippen LogP contribution in [0.25, 0.3) is 0 Å². The van der Waals surface area contributed by atoms with E-state index in [9.17, 15) is 9.59 Å². The molecule has 3 saturated carbocycles. The summed E-state index contributed by atoms with van der Waals surface area (Å²) >= 11 is 0. The second-order valence-electron chi connectivity index (χ2n) is 8.94. The number of hydrogen-bond donors (Lipinski definition) is 1. The molecule has 0 radical (unpaired) electrons. The molecule has 4 rings (SSSR count). The number of carbonyl (C=O) groups is 2. The third kappa shape index (κ3) is 2.08. The monoisotopic (exact) mass is 331 g/mol. The number of carbonyl (C=O) groups excluding carboxylic acids is 2. The minimum Gasteiger partial charge on any atom is -0.300 e. The van der Waals surface area contributed by atoms with Gasteiger partial charge in [0, 0.05) is 36.3 Å². The number of ketones is 2. The van der Waals surface area contributed by atoms with Crippen molar-refractivity contribution in [3.05, 3.63) is 11.8 Å². The van der Waals surface area contributed by atoms with Crippen LogP contribution in [0.4, 0.5) is 0 Å². The summed E-state index contributed by atoms with van der Waals surface area (Å²) in [6.45, 7) is 4.57.